The van der Waals surface area contributed by atoms with Crippen LogP contribution in [0.4, 0.5) is 24.5 Å². The highest BCUT2D eigenvalue weighted by atomic mass is 35.5. The normalized spacial score (nSPS) is 14.1. The van der Waals surface area contributed by atoms with Gasteiger partial charge < -0.3 is 14.2 Å². The third kappa shape index (κ3) is 6.50. The Labute approximate surface area is 225 Å². The van der Waals surface area contributed by atoms with Crippen molar-refractivity contribution in [2.75, 3.05) is 31.1 Å². The van der Waals surface area contributed by atoms with Crippen LogP contribution in [0.3, 0.4) is 0 Å². The van der Waals surface area contributed by atoms with Crippen molar-refractivity contribution >= 4 is 52.3 Å². The van der Waals surface area contributed by atoms with Crippen LogP contribution < -0.4 is 10.2 Å². The van der Waals surface area contributed by atoms with E-state index in [4.69, 9.17) is 28.2 Å². The molecule has 0 atom stereocenters. The molecule has 198 valence electrons. The van der Waals surface area contributed by atoms with E-state index in [0.717, 1.165) is 17.7 Å². The van der Waals surface area contributed by atoms with Gasteiger partial charge in [-0.05, 0) is 66.8 Å². The Morgan fingerprint density at radius 2 is 1.76 bits per heavy atom. The van der Waals surface area contributed by atoms with Gasteiger partial charge in [-0.2, -0.15) is 13.2 Å². The number of thiocarbonyl (C=S) groups is 1. The molecule has 1 fully saturated rings. The number of carbonyl (C=O) groups excluding carboxylic acids is 1. The SMILES string of the molecule is O=C(C=Cc1ccc(-c2ccc(Cl)cc2)o1)NC(=S)N1CCN(c2ccc(C(F)(F)F)cc2[N+](=O)[O-])CC1. The lowest BCUT2D eigenvalue weighted by molar-refractivity contribution is -0.384. The first-order valence-corrected chi connectivity index (χ1v) is 12.0. The van der Waals surface area contributed by atoms with Gasteiger partial charge in [-0.15, -0.1) is 0 Å². The van der Waals surface area contributed by atoms with Gasteiger partial charge in [-0.1, -0.05) is 11.6 Å². The fourth-order valence-electron chi connectivity index (χ4n) is 3.86. The average molecular weight is 565 g/mol. The molecule has 1 aromatic heterocycles. The average Bonchev–Trinajstić information content (AvgIpc) is 3.36. The number of furan rings is 1. The van der Waals surface area contributed by atoms with Gasteiger partial charge in [0.05, 0.1) is 10.5 Å². The maximum absolute atomic E-state index is 13.0. The van der Waals surface area contributed by atoms with E-state index in [9.17, 15) is 28.1 Å². The topological polar surface area (TPSA) is 91.9 Å². The minimum Gasteiger partial charge on any atom is -0.457 e. The molecule has 4 rings (SSSR count). The molecule has 2 aromatic carbocycles. The third-order valence-electron chi connectivity index (χ3n) is 5.79. The van der Waals surface area contributed by atoms with Crippen LogP contribution in [0.5, 0.6) is 0 Å². The molecule has 0 radical (unpaired) electrons. The monoisotopic (exact) mass is 564 g/mol. The molecule has 8 nitrogen and oxygen atoms in total. The summed E-state index contributed by atoms with van der Waals surface area (Å²) in [5.41, 5.74) is -0.775. The molecule has 1 saturated heterocycles. The van der Waals surface area contributed by atoms with Crippen LogP contribution in [0.1, 0.15) is 11.3 Å². The predicted molar refractivity (Wildman–Crippen MR) is 141 cm³/mol. The van der Waals surface area contributed by atoms with Crippen molar-refractivity contribution < 1.29 is 27.3 Å². The first-order chi connectivity index (χ1) is 18.0. The lowest BCUT2D eigenvalue weighted by Crippen LogP contribution is -2.52. The zero-order valence-electron chi connectivity index (χ0n) is 19.6. The molecular formula is C25H20ClF3N4O4S. The smallest absolute Gasteiger partial charge is 0.416 e. The van der Waals surface area contributed by atoms with E-state index in [0.29, 0.717) is 35.7 Å². The van der Waals surface area contributed by atoms with Crippen molar-refractivity contribution in [2.24, 2.45) is 0 Å². The Bertz CT molecular complexity index is 1380. The number of nitrogens with one attached hydrogen (secondary N) is 1. The maximum Gasteiger partial charge on any atom is 0.416 e. The Hall–Kier alpha value is -3.90. The third-order valence-corrected chi connectivity index (χ3v) is 6.40. The molecular weight excluding hydrogens is 545 g/mol. The minimum atomic E-state index is -4.68. The number of nitro benzene ring substituents is 1. The molecule has 38 heavy (non-hydrogen) atoms. The summed E-state index contributed by atoms with van der Waals surface area (Å²) in [5, 5.41) is 14.8. The minimum absolute atomic E-state index is 0.0944. The van der Waals surface area contributed by atoms with E-state index in [1.165, 1.54) is 12.2 Å². The molecule has 0 spiro atoms. The van der Waals surface area contributed by atoms with Gasteiger partial charge in [0, 0.05) is 48.9 Å². The number of amides is 1. The molecule has 0 bridgehead atoms. The molecule has 0 aliphatic carbocycles. The summed E-state index contributed by atoms with van der Waals surface area (Å²) in [7, 11) is 0. The second-order valence-electron chi connectivity index (χ2n) is 8.27. The standard InChI is InChI=1S/C25H20ClF3N4O4S/c26-18-4-1-16(2-5-18)22-9-6-19(37-22)7-10-23(34)30-24(38)32-13-11-31(12-14-32)20-8-3-17(25(27,28)29)15-21(20)33(35)36/h1-10,15H,11-14H2,(H,30,34,38). The second-order valence-corrected chi connectivity index (χ2v) is 9.09. The van der Waals surface area contributed by atoms with Crippen LogP contribution in [0.15, 0.2) is 65.1 Å². The summed E-state index contributed by atoms with van der Waals surface area (Å²) >= 11 is 11.2. The van der Waals surface area contributed by atoms with Crippen molar-refractivity contribution in [1.82, 2.24) is 10.2 Å². The number of nitro groups is 1. The summed E-state index contributed by atoms with van der Waals surface area (Å²) in [4.78, 5) is 26.3. The number of nitrogens with zero attached hydrogens (tertiary/aromatic N) is 3. The number of alkyl halides is 3. The molecule has 1 N–H and O–H groups in total. The Kier molecular flexibility index (Phi) is 8.02. The summed E-state index contributed by atoms with van der Waals surface area (Å²) < 4.78 is 44.7. The van der Waals surface area contributed by atoms with Gasteiger partial charge in [0.25, 0.3) is 5.69 Å². The van der Waals surface area contributed by atoms with E-state index < -0.39 is 28.3 Å². The van der Waals surface area contributed by atoms with E-state index in [2.05, 4.69) is 5.32 Å². The summed E-state index contributed by atoms with van der Waals surface area (Å²) in [6, 6.07) is 13.1. The highest BCUT2D eigenvalue weighted by Gasteiger charge is 2.34. The van der Waals surface area contributed by atoms with Crippen LogP contribution >= 0.6 is 23.8 Å². The highest BCUT2D eigenvalue weighted by Crippen LogP contribution is 2.36. The Morgan fingerprint density at radius 3 is 2.39 bits per heavy atom. The number of rotatable bonds is 5. The molecule has 3 aromatic rings. The van der Waals surface area contributed by atoms with Crippen molar-refractivity contribution in [3.05, 3.63) is 87.1 Å². The van der Waals surface area contributed by atoms with Gasteiger partial charge in [-0.3, -0.25) is 20.2 Å². The predicted octanol–water partition coefficient (Wildman–Crippen LogP) is 5.76. The number of anilines is 1. The number of halogens is 4. The largest absolute Gasteiger partial charge is 0.457 e. The van der Waals surface area contributed by atoms with Crippen LogP contribution in [-0.4, -0.2) is 47.0 Å². The van der Waals surface area contributed by atoms with Crippen LogP contribution in [-0.2, 0) is 11.0 Å². The molecule has 13 heteroatoms. The van der Waals surface area contributed by atoms with Gasteiger partial charge in [0.1, 0.15) is 17.2 Å². The molecule has 1 aliphatic heterocycles. The molecule has 2 heterocycles. The second kappa shape index (κ2) is 11.2. The fourth-order valence-corrected chi connectivity index (χ4v) is 4.27. The first kappa shape index (κ1) is 27.1. The zero-order chi connectivity index (χ0) is 27.4. The summed E-state index contributed by atoms with van der Waals surface area (Å²) in [5.74, 6) is 0.603. The number of hydrogen-bond acceptors (Lipinski definition) is 6. The Balaban J connectivity index is 1.32. The van der Waals surface area contributed by atoms with Gasteiger partial charge in [0.2, 0.25) is 5.91 Å². The molecule has 1 aliphatic rings. The van der Waals surface area contributed by atoms with Crippen LogP contribution in [0.25, 0.3) is 17.4 Å². The van der Waals surface area contributed by atoms with E-state index in [1.807, 2.05) is 12.1 Å². The number of piperazine rings is 1. The van der Waals surface area contributed by atoms with E-state index in [1.54, 1.807) is 34.1 Å². The molecule has 1 amide bonds. The fraction of sp³-hybridized carbons (Fsp3) is 0.200. The number of benzene rings is 2. The summed E-state index contributed by atoms with van der Waals surface area (Å²) in [6.07, 6.45) is -1.91. The lowest BCUT2D eigenvalue weighted by atomic mass is 10.1. The van der Waals surface area contributed by atoms with Crippen molar-refractivity contribution in [3.63, 3.8) is 0 Å². The molecule has 0 unspecified atom stereocenters. The number of carbonyl (C=O) groups is 1. The maximum atomic E-state index is 13.0. The lowest BCUT2D eigenvalue weighted by Gasteiger charge is -2.36. The van der Waals surface area contributed by atoms with Gasteiger partial charge in [-0.25, -0.2) is 0 Å². The van der Waals surface area contributed by atoms with Gasteiger partial charge >= 0.3 is 6.18 Å². The number of hydrogen-bond donors (Lipinski definition) is 1. The zero-order valence-corrected chi connectivity index (χ0v) is 21.1. The van der Waals surface area contributed by atoms with Crippen LogP contribution in [0.2, 0.25) is 5.02 Å². The van der Waals surface area contributed by atoms with Gasteiger partial charge in [0.15, 0.2) is 5.11 Å². The molecule has 0 saturated carbocycles. The van der Waals surface area contributed by atoms with Crippen molar-refractivity contribution in [1.29, 1.82) is 0 Å². The van der Waals surface area contributed by atoms with Crippen molar-refractivity contribution in [3.8, 4) is 11.3 Å². The van der Waals surface area contributed by atoms with Crippen LogP contribution in [0, 0.1) is 10.1 Å². The van der Waals surface area contributed by atoms with E-state index in [-0.39, 0.29) is 23.9 Å². The first-order valence-electron chi connectivity index (χ1n) is 11.3. The van der Waals surface area contributed by atoms with Crippen molar-refractivity contribution in [2.45, 2.75) is 6.18 Å². The quantitative estimate of drug-likeness (QED) is 0.182. The Morgan fingerprint density at radius 1 is 1.08 bits per heavy atom. The summed E-state index contributed by atoms with van der Waals surface area (Å²) in [6.45, 7) is 1.14. The van der Waals surface area contributed by atoms with E-state index >= 15 is 0 Å². The highest BCUT2D eigenvalue weighted by molar-refractivity contribution is 7.80.